The van der Waals surface area contributed by atoms with Crippen LogP contribution in [0.4, 0.5) is 0 Å². The quantitative estimate of drug-likeness (QED) is 0.906. The Morgan fingerprint density at radius 2 is 2.14 bits per heavy atom. The highest BCUT2D eigenvalue weighted by Crippen LogP contribution is 2.36. The Morgan fingerprint density at radius 3 is 2.67 bits per heavy atom. The van der Waals surface area contributed by atoms with Crippen LogP contribution in [0.5, 0.6) is 0 Å². The van der Waals surface area contributed by atoms with Crippen LogP contribution in [0.1, 0.15) is 59.6 Å². The first-order valence-electron chi connectivity index (χ1n) is 7.61. The van der Waals surface area contributed by atoms with Crippen molar-refractivity contribution >= 4 is 23.2 Å². The van der Waals surface area contributed by atoms with E-state index in [1.807, 2.05) is 19.9 Å². The van der Waals surface area contributed by atoms with E-state index in [0.29, 0.717) is 24.3 Å². The number of aliphatic carboxylic acids is 1. The summed E-state index contributed by atoms with van der Waals surface area (Å²) in [5.74, 6) is -0.977. The summed E-state index contributed by atoms with van der Waals surface area (Å²) in [4.78, 5) is 28.1. The Labute approximate surface area is 129 Å². The van der Waals surface area contributed by atoms with Crippen molar-refractivity contribution in [3.63, 3.8) is 0 Å². The number of rotatable bonds is 5. The van der Waals surface area contributed by atoms with Crippen molar-refractivity contribution in [3.05, 3.63) is 21.4 Å². The van der Waals surface area contributed by atoms with Gasteiger partial charge in [0.15, 0.2) is 0 Å². The number of aryl methyl sites for hydroxylation is 2. The molecule has 0 spiro atoms. The van der Waals surface area contributed by atoms with Crippen molar-refractivity contribution in [3.8, 4) is 0 Å². The predicted octanol–water partition coefficient (Wildman–Crippen LogP) is 3.48. The normalized spacial score (nSPS) is 21.8. The van der Waals surface area contributed by atoms with E-state index in [1.165, 1.54) is 16.2 Å². The molecular weight excluding hydrogens is 286 g/mol. The van der Waals surface area contributed by atoms with Crippen molar-refractivity contribution < 1.29 is 14.7 Å². The summed E-state index contributed by atoms with van der Waals surface area (Å²) in [6.45, 7) is 6.59. The lowest BCUT2D eigenvalue weighted by atomic mass is 9.90. The monoisotopic (exact) mass is 309 g/mol. The Balaban J connectivity index is 2.34. The van der Waals surface area contributed by atoms with Gasteiger partial charge in [-0.3, -0.25) is 4.79 Å². The van der Waals surface area contributed by atoms with Gasteiger partial charge in [0, 0.05) is 11.4 Å². The van der Waals surface area contributed by atoms with Gasteiger partial charge in [-0.15, -0.1) is 11.3 Å². The van der Waals surface area contributed by atoms with Crippen molar-refractivity contribution in [1.29, 1.82) is 0 Å². The second-order valence-corrected chi connectivity index (χ2v) is 6.85. The molecule has 1 N–H and O–H groups in total. The molecule has 1 aliphatic heterocycles. The van der Waals surface area contributed by atoms with Gasteiger partial charge in [-0.1, -0.05) is 20.3 Å². The van der Waals surface area contributed by atoms with Crippen LogP contribution in [0.3, 0.4) is 0 Å². The zero-order chi connectivity index (χ0) is 15.6. The van der Waals surface area contributed by atoms with Gasteiger partial charge < -0.3 is 10.0 Å². The molecule has 2 heterocycles. The lowest BCUT2D eigenvalue weighted by Crippen LogP contribution is -2.52. The Kier molecular flexibility index (Phi) is 4.71. The fraction of sp³-hybridized carbons (Fsp3) is 0.625. The summed E-state index contributed by atoms with van der Waals surface area (Å²) in [5, 5.41) is 9.68. The van der Waals surface area contributed by atoms with Crippen LogP contribution in [0, 0.1) is 6.92 Å². The summed E-state index contributed by atoms with van der Waals surface area (Å²) in [7, 11) is 0. The topological polar surface area (TPSA) is 57.6 Å². The van der Waals surface area contributed by atoms with E-state index >= 15 is 0 Å². The van der Waals surface area contributed by atoms with Crippen molar-refractivity contribution in [2.24, 2.45) is 0 Å². The van der Waals surface area contributed by atoms with Gasteiger partial charge in [0.05, 0.1) is 4.88 Å². The summed E-state index contributed by atoms with van der Waals surface area (Å²) >= 11 is 1.50. The number of hydrogen-bond donors (Lipinski definition) is 1. The number of carboxylic acids is 1. The summed E-state index contributed by atoms with van der Waals surface area (Å²) < 4.78 is 0. The number of likely N-dealkylation sites (tertiary alicyclic amines) is 1. The highest BCUT2D eigenvalue weighted by Gasteiger charge is 2.49. The molecule has 1 unspecified atom stereocenters. The standard InChI is InChI=1S/C16H23NO3S/c1-4-7-16(15(19)20)8-6-9-17(16)14(18)13-10-11(3)12(5-2)21-13/h10H,4-9H2,1-3H3,(H,19,20). The molecule has 0 bridgehead atoms. The van der Waals surface area contributed by atoms with Crippen LogP contribution in [0.25, 0.3) is 0 Å². The average molecular weight is 309 g/mol. The Morgan fingerprint density at radius 1 is 1.43 bits per heavy atom. The van der Waals surface area contributed by atoms with Gasteiger partial charge in [-0.25, -0.2) is 4.79 Å². The second-order valence-electron chi connectivity index (χ2n) is 5.72. The summed E-state index contributed by atoms with van der Waals surface area (Å²) in [5.41, 5.74) is 0.122. The number of nitrogens with zero attached hydrogens (tertiary/aromatic N) is 1. The molecule has 1 aromatic rings. The van der Waals surface area contributed by atoms with Gasteiger partial charge >= 0.3 is 5.97 Å². The van der Waals surface area contributed by atoms with Gasteiger partial charge in [0.2, 0.25) is 0 Å². The first-order valence-corrected chi connectivity index (χ1v) is 8.42. The van der Waals surface area contributed by atoms with Gasteiger partial charge in [-0.2, -0.15) is 0 Å². The third kappa shape index (κ3) is 2.71. The minimum Gasteiger partial charge on any atom is -0.479 e. The molecule has 1 fully saturated rings. The zero-order valence-corrected chi connectivity index (χ0v) is 13.8. The van der Waals surface area contributed by atoms with Gasteiger partial charge in [0.25, 0.3) is 5.91 Å². The summed E-state index contributed by atoms with van der Waals surface area (Å²) in [6.07, 6.45) is 3.53. The smallest absolute Gasteiger partial charge is 0.329 e. The number of thiophene rings is 1. The molecule has 0 saturated carbocycles. The van der Waals surface area contributed by atoms with Crippen LogP contribution >= 0.6 is 11.3 Å². The minimum atomic E-state index is -1.00. The predicted molar refractivity (Wildman–Crippen MR) is 84.0 cm³/mol. The lowest BCUT2D eigenvalue weighted by molar-refractivity contribution is -0.148. The Hall–Kier alpha value is -1.36. The molecule has 1 saturated heterocycles. The van der Waals surface area contributed by atoms with Crippen molar-refractivity contribution in [2.75, 3.05) is 6.54 Å². The number of carboxylic acid groups (broad SMARTS) is 1. The molecule has 116 valence electrons. The fourth-order valence-electron chi connectivity index (χ4n) is 3.29. The third-order valence-corrected chi connectivity index (χ3v) is 5.72. The van der Waals surface area contributed by atoms with Crippen LogP contribution in [-0.4, -0.2) is 34.0 Å². The van der Waals surface area contributed by atoms with Crippen LogP contribution in [0.15, 0.2) is 6.07 Å². The van der Waals surface area contributed by atoms with Crippen LogP contribution in [0.2, 0.25) is 0 Å². The van der Waals surface area contributed by atoms with Crippen LogP contribution < -0.4 is 0 Å². The molecule has 2 rings (SSSR count). The largest absolute Gasteiger partial charge is 0.479 e. The molecule has 0 aliphatic carbocycles. The molecule has 21 heavy (non-hydrogen) atoms. The van der Waals surface area contributed by atoms with Crippen LogP contribution in [-0.2, 0) is 11.2 Å². The highest BCUT2D eigenvalue weighted by atomic mass is 32.1. The average Bonchev–Trinajstić information content (AvgIpc) is 3.03. The van der Waals surface area contributed by atoms with Crippen molar-refractivity contribution in [1.82, 2.24) is 4.90 Å². The number of carbonyl (C=O) groups excluding carboxylic acids is 1. The van der Waals surface area contributed by atoms with E-state index in [2.05, 4.69) is 6.92 Å². The van der Waals surface area contributed by atoms with E-state index in [4.69, 9.17) is 0 Å². The third-order valence-electron chi connectivity index (χ3n) is 4.35. The van der Waals surface area contributed by atoms with E-state index in [0.717, 1.165) is 24.8 Å². The number of amides is 1. The first kappa shape index (κ1) is 16.0. The van der Waals surface area contributed by atoms with E-state index in [9.17, 15) is 14.7 Å². The molecule has 0 radical (unpaired) electrons. The fourth-order valence-corrected chi connectivity index (χ4v) is 4.35. The first-order chi connectivity index (χ1) is 9.96. The molecule has 1 atom stereocenters. The van der Waals surface area contributed by atoms with E-state index in [1.54, 1.807) is 4.90 Å². The second kappa shape index (κ2) is 6.18. The van der Waals surface area contributed by atoms with Crippen molar-refractivity contribution in [2.45, 2.75) is 58.4 Å². The maximum Gasteiger partial charge on any atom is 0.329 e. The maximum atomic E-state index is 12.8. The molecule has 1 aliphatic rings. The SMILES string of the molecule is CCCC1(C(=O)O)CCCN1C(=O)c1cc(C)c(CC)s1. The van der Waals surface area contributed by atoms with E-state index in [-0.39, 0.29) is 5.91 Å². The molecule has 5 heteroatoms. The molecule has 4 nitrogen and oxygen atoms in total. The lowest BCUT2D eigenvalue weighted by Gasteiger charge is -2.34. The van der Waals surface area contributed by atoms with E-state index < -0.39 is 11.5 Å². The zero-order valence-electron chi connectivity index (χ0n) is 12.9. The van der Waals surface area contributed by atoms with Gasteiger partial charge in [0.1, 0.15) is 5.54 Å². The number of carbonyl (C=O) groups is 2. The number of hydrogen-bond acceptors (Lipinski definition) is 3. The molecule has 0 aromatic carbocycles. The molecule has 1 aromatic heterocycles. The Bertz CT molecular complexity index is 552. The minimum absolute atomic E-state index is 0.115. The molecular formula is C16H23NO3S. The summed E-state index contributed by atoms with van der Waals surface area (Å²) in [6, 6.07) is 1.91. The maximum absolute atomic E-state index is 12.8. The molecule has 1 amide bonds. The van der Waals surface area contributed by atoms with Gasteiger partial charge in [-0.05, 0) is 44.2 Å². The highest BCUT2D eigenvalue weighted by molar-refractivity contribution is 7.14.